The average molecular weight is 464 g/mol. The average Bonchev–Trinajstić information content (AvgIpc) is 3.44. The Labute approximate surface area is 198 Å². The summed E-state index contributed by atoms with van der Waals surface area (Å²) < 4.78 is 8.15. The van der Waals surface area contributed by atoms with Gasteiger partial charge in [0.25, 0.3) is 5.91 Å². The van der Waals surface area contributed by atoms with Gasteiger partial charge in [0.15, 0.2) is 5.13 Å². The maximum Gasteiger partial charge on any atom is 0.263 e. The first kappa shape index (κ1) is 22.9. The van der Waals surface area contributed by atoms with Crippen molar-refractivity contribution in [3.05, 3.63) is 66.0 Å². The van der Waals surface area contributed by atoms with Crippen LogP contribution in [0.4, 0.5) is 5.13 Å². The van der Waals surface area contributed by atoms with Crippen LogP contribution in [0.15, 0.2) is 54.7 Å². The molecule has 0 saturated heterocycles. The van der Waals surface area contributed by atoms with Crippen LogP contribution in [0.5, 0.6) is 5.75 Å². The van der Waals surface area contributed by atoms with E-state index in [4.69, 9.17) is 9.72 Å². The monoisotopic (exact) mass is 463 g/mol. The van der Waals surface area contributed by atoms with Gasteiger partial charge in [-0.05, 0) is 50.3 Å². The van der Waals surface area contributed by atoms with Crippen molar-refractivity contribution in [1.82, 2.24) is 19.7 Å². The number of carbonyl (C=O) groups is 1. The Balaban J connectivity index is 1.70. The minimum absolute atomic E-state index is 0.0899. The fraction of sp³-hybridized carbons (Fsp3) is 0.320. The zero-order valence-corrected chi connectivity index (χ0v) is 20.3. The largest absolute Gasteiger partial charge is 0.497 e. The van der Waals surface area contributed by atoms with Crippen LogP contribution in [0.25, 0.3) is 15.9 Å². The van der Waals surface area contributed by atoms with Crippen LogP contribution in [-0.2, 0) is 0 Å². The molecule has 4 aromatic rings. The standard InChI is InChI=1S/C25H29N5O2S/c1-5-28(6-2)14-15-29(25-27-22-13-12-20(32-4)16-23(22)33-25)24(31)21-17-26-30(18(21)3)19-10-8-7-9-11-19/h7-13,16-17H,5-6,14-15H2,1-4H3. The number of rotatable bonds is 9. The molecule has 0 aliphatic rings. The SMILES string of the molecule is CCN(CC)CCN(C(=O)c1cnn(-c2ccccc2)c1C)c1nc2ccc(OC)cc2s1. The highest BCUT2D eigenvalue weighted by Gasteiger charge is 2.25. The molecular weight excluding hydrogens is 434 g/mol. The fourth-order valence-electron chi connectivity index (χ4n) is 3.79. The lowest BCUT2D eigenvalue weighted by Gasteiger charge is -2.24. The van der Waals surface area contributed by atoms with E-state index in [2.05, 4.69) is 23.8 Å². The lowest BCUT2D eigenvalue weighted by molar-refractivity contribution is 0.0983. The molecule has 8 heteroatoms. The highest BCUT2D eigenvalue weighted by atomic mass is 32.1. The first-order valence-corrected chi connectivity index (χ1v) is 12.0. The van der Waals surface area contributed by atoms with Crippen LogP contribution in [0.2, 0.25) is 0 Å². The summed E-state index contributed by atoms with van der Waals surface area (Å²) in [6, 6.07) is 15.6. The molecule has 0 N–H and O–H groups in total. The van der Waals surface area contributed by atoms with Gasteiger partial charge in [-0.1, -0.05) is 43.4 Å². The summed E-state index contributed by atoms with van der Waals surface area (Å²) >= 11 is 1.50. The van der Waals surface area contributed by atoms with Crippen LogP contribution in [0.1, 0.15) is 29.9 Å². The second-order valence-electron chi connectivity index (χ2n) is 7.70. The van der Waals surface area contributed by atoms with Crippen LogP contribution in [0, 0.1) is 6.92 Å². The second kappa shape index (κ2) is 10.1. The molecule has 2 aromatic carbocycles. The summed E-state index contributed by atoms with van der Waals surface area (Å²) in [4.78, 5) is 22.7. The molecule has 0 aliphatic carbocycles. The Hall–Kier alpha value is -3.23. The van der Waals surface area contributed by atoms with Gasteiger partial charge in [-0.25, -0.2) is 9.67 Å². The molecule has 33 heavy (non-hydrogen) atoms. The number of ether oxygens (including phenoxy) is 1. The van der Waals surface area contributed by atoms with Gasteiger partial charge < -0.3 is 9.64 Å². The number of hydrogen-bond acceptors (Lipinski definition) is 6. The summed E-state index contributed by atoms with van der Waals surface area (Å²) in [7, 11) is 1.65. The first-order chi connectivity index (χ1) is 16.0. The number of benzene rings is 2. The minimum atomic E-state index is -0.0899. The Kier molecular flexibility index (Phi) is 7.05. The van der Waals surface area contributed by atoms with Gasteiger partial charge in [0.2, 0.25) is 0 Å². The van der Waals surface area contributed by atoms with E-state index in [0.717, 1.165) is 47.0 Å². The van der Waals surface area contributed by atoms with Crippen molar-refractivity contribution in [2.75, 3.05) is 38.2 Å². The van der Waals surface area contributed by atoms with Crippen molar-refractivity contribution in [1.29, 1.82) is 0 Å². The van der Waals surface area contributed by atoms with Crippen LogP contribution in [-0.4, -0.2) is 58.9 Å². The molecule has 1 amide bonds. The minimum Gasteiger partial charge on any atom is -0.497 e. The molecule has 0 bridgehead atoms. The topological polar surface area (TPSA) is 63.5 Å². The van der Waals surface area contributed by atoms with Crippen molar-refractivity contribution in [2.45, 2.75) is 20.8 Å². The number of fused-ring (bicyclic) bond motifs is 1. The Morgan fingerprint density at radius 1 is 1.09 bits per heavy atom. The molecule has 0 atom stereocenters. The zero-order valence-electron chi connectivity index (χ0n) is 19.5. The number of nitrogens with zero attached hydrogens (tertiary/aromatic N) is 5. The van der Waals surface area contributed by atoms with E-state index in [1.807, 2.05) is 55.5 Å². The number of thiazole rings is 1. The van der Waals surface area contributed by atoms with Gasteiger partial charge in [-0.2, -0.15) is 5.10 Å². The number of aromatic nitrogens is 3. The van der Waals surface area contributed by atoms with E-state index in [1.165, 1.54) is 11.3 Å². The third kappa shape index (κ3) is 4.77. The van der Waals surface area contributed by atoms with Gasteiger partial charge >= 0.3 is 0 Å². The summed E-state index contributed by atoms with van der Waals surface area (Å²) in [5, 5.41) is 5.18. The third-order valence-corrected chi connectivity index (χ3v) is 6.88. The third-order valence-electron chi connectivity index (χ3n) is 5.84. The first-order valence-electron chi connectivity index (χ1n) is 11.1. The number of carbonyl (C=O) groups excluding carboxylic acids is 1. The molecular formula is C25H29N5O2S. The number of methoxy groups -OCH3 is 1. The molecule has 172 valence electrons. The Bertz CT molecular complexity index is 1230. The lowest BCUT2D eigenvalue weighted by atomic mass is 10.2. The number of anilines is 1. The highest BCUT2D eigenvalue weighted by molar-refractivity contribution is 7.22. The molecule has 0 unspecified atom stereocenters. The molecule has 0 aliphatic heterocycles. The smallest absolute Gasteiger partial charge is 0.263 e. The summed E-state index contributed by atoms with van der Waals surface area (Å²) in [6.45, 7) is 9.37. The van der Waals surface area contributed by atoms with Gasteiger partial charge in [0, 0.05) is 13.1 Å². The van der Waals surface area contributed by atoms with Crippen molar-refractivity contribution in [3.63, 3.8) is 0 Å². The van der Waals surface area contributed by atoms with Crippen molar-refractivity contribution >= 4 is 32.6 Å². The number of hydrogen-bond donors (Lipinski definition) is 0. The normalized spacial score (nSPS) is 11.3. The summed E-state index contributed by atoms with van der Waals surface area (Å²) in [6.07, 6.45) is 1.66. The Morgan fingerprint density at radius 2 is 1.85 bits per heavy atom. The van der Waals surface area contributed by atoms with Gasteiger partial charge in [0.05, 0.1) is 40.5 Å². The van der Waals surface area contributed by atoms with Gasteiger partial charge in [0.1, 0.15) is 5.75 Å². The fourth-order valence-corrected chi connectivity index (χ4v) is 4.81. The number of para-hydroxylation sites is 1. The molecule has 0 fully saturated rings. The molecule has 2 heterocycles. The van der Waals surface area contributed by atoms with Gasteiger partial charge in [-0.3, -0.25) is 9.69 Å². The van der Waals surface area contributed by atoms with E-state index >= 15 is 0 Å². The van der Waals surface area contributed by atoms with E-state index < -0.39 is 0 Å². The Morgan fingerprint density at radius 3 is 2.55 bits per heavy atom. The van der Waals surface area contributed by atoms with Crippen LogP contribution in [0.3, 0.4) is 0 Å². The van der Waals surface area contributed by atoms with E-state index in [-0.39, 0.29) is 5.91 Å². The second-order valence-corrected chi connectivity index (χ2v) is 8.71. The predicted octanol–water partition coefficient (Wildman–Crippen LogP) is 4.79. The van der Waals surface area contributed by atoms with E-state index in [9.17, 15) is 4.79 Å². The quantitative estimate of drug-likeness (QED) is 0.357. The lowest BCUT2D eigenvalue weighted by Crippen LogP contribution is -2.39. The highest BCUT2D eigenvalue weighted by Crippen LogP contribution is 2.32. The number of likely N-dealkylation sites (N-methyl/N-ethyl adjacent to an activating group) is 1. The number of amides is 1. The van der Waals surface area contributed by atoms with E-state index in [0.29, 0.717) is 17.2 Å². The predicted molar refractivity (Wildman–Crippen MR) is 134 cm³/mol. The molecule has 0 saturated carbocycles. The van der Waals surface area contributed by atoms with Crippen molar-refractivity contribution in [3.8, 4) is 11.4 Å². The maximum absolute atomic E-state index is 13.8. The van der Waals surface area contributed by atoms with Crippen LogP contribution < -0.4 is 9.64 Å². The van der Waals surface area contributed by atoms with Gasteiger partial charge in [-0.15, -0.1) is 0 Å². The molecule has 4 rings (SSSR count). The molecule has 2 aromatic heterocycles. The molecule has 0 spiro atoms. The van der Waals surface area contributed by atoms with Crippen LogP contribution >= 0.6 is 11.3 Å². The van der Waals surface area contributed by atoms with Crippen molar-refractivity contribution < 1.29 is 9.53 Å². The summed E-state index contributed by atoms with van der Waals surface area (Å²) in [5.74, 6) is 0.687. The molecule has 0 radical (unpaired) electrons. The van der Waals surface area contributed by atoms with E-state index in [1.54, 1.807) is 22.9 Å². The van der Waals surface area contributed by atoms with Crippen molar-refractivity contribution in [2.24, 2.45) is 0 Å². The zero-order chi connectivity index (χ0) is 23.4. The summed E-state index contributed by atoms with van der Waals surface area (Å²) in [5.41, 5.74) is 3.17. The molecule has 7 nitrogen and oxygen atoms in total. The maximum atomic E-state index is 13.8.